The highest BCUT2D eigenvalue weighted by molar-refractivity contribution is 5.94. The van der Waals surface area contributed by atoms with Crippen LogP contribution < -0.4 is 11.2 Å². The van der Waals surface area contributed by atoms with Crippen LogP contribution in [0.1, 0.15) is 22.7 Å². The third-order valence-electron chi connectivity index (χ3n) is 4.92. The van der Waals surface area contributed by atoms with Gasteiger partial charge in [0.2, 0.25) is 0 Å². The van der Waals surface area contributed by atoms with Crippen molar-refractivity contribution < 1.29 is 14.1 Å². The molecule has 4 heterocycles. The third-order valence-corrected chi connectivity index (χ3v) is 4.92. The molecule has 12 nitrogen and oxygen atoms in total. The molecule has 12 heteroatoms. The van der Waals surface area contributed by atoms with E-state index in [2.05, 4.69) is 10.1 Å². The Labute approximate surface area is 163 Å². The van der Waals surface area contributed by atoms with Gasteiger partial charge in [-0.2, -0.15) is 0 Å². The van der Waals surface area contributed by atoms with E-state index in [1.807, 2.05) is 0 Å². The van der Waals surface area contributed by atoms with E-state index in [4.69, 9.17) is 4.52 Å². The van der Waals surface area contributed by atoms with Gasteiger partial charge in [0.15, 0.2) is 16.9 Å². The molecular formula is C17H19N7O5. The van der Waals surface area contributed by atoms with Crippen LogP contribution >= 0.6 is 0 Å². The van der Waals surface area contributed by atoms with Gasteiger partial charge in [-0.1, -0.05) is 5.16 Å². The summed E-state index contributed by atoms with van der Waals surface area (Å²) in [6.45, 7) is 2.21. The molecule has 3 aromatic heterocycles. The maximum absolute atomic E-state index is 12.9. The van der Waals surface area contributed by atoms with Crippen molar-refractivity contribution in [3.05, 3.63) is 44.7 Å². The number of amides is 2. The van der Waals surface area contributed by atoms with Crippen LogP contribution in [0.5, 0.6) is 0 Å². The molecule has 1 aliphatic heterocycles. The van der Waals surface area contributed by atoms with Crippen molar-refractivity contribution in [3.8, 4) is 0 Å². The highest BCUT2D eigenvalue weighted by Crippen LogP contribution is 2.16. The van der Waals surface area contributed by atoms with Gasteiger partial charge >= 0.3 is 5.69 Å². The van der Waals surface area contributed by atoms with Crippen molar-refractivity contribution in [1.82, 2.24) is 33.9 Å². The standard InChI is InChI=1S/C17H19N7O5/c1-10-7-11(19-29-10)15(26)24-6-4-5-23(24)12(25)8-22-9-18-14-13(22)16(27)21(3)17(28)20(14)2/h7,9H,4-6,8H2,1-3H3. The first-order valence-electron chi connectivity index (χ1n) is 8.96. The molecule has 1 fully saturated rings. The predicted octanol–water partition coefficient (Wildman–Crippen LogP) is -0.980. The van der Waals surface area contributed by atoms with Crippen molar-refractivity contribution in [3.63, 3.8) is 0 Å². The van der Waals surface area contributed by atoms with Gasteiger partial charge in [0, 0.05) is 33.3 Å². The lowest BCUT2D eigenvalue weighted by Crippen LogP contribution is -2.46. The van der Waals surface area contributed by atoms with Gasteiger partial charge in [0.25, 0.3) is 17.4 Å². The number of hydrogen-bond acceptors (Lipinski definition) is 7. The molecule has 0 N–H and O–H groups in total. The van der Waals surface area contributed by atoms with E-state index in [1.165, 1.54) is 45.6 Å². The molecule has 0 aliphatic carbocycles. The lowest BCUT2D eigenvalue weighted by Gasteiger charge is -2.27. The molecule has 3 aromatic rings. The minimum Gasteiger partial charge on any atom is -0.361 e. The summed E-state index contributed by atoms with van der Waals surface area (Å²) in [6.07, 6.45) is 1.96. The normalized spacial score (nSPS) is 14.2. The molecule has 0 aromatic carbocycles. The molecule has 0 spiro atoms. The predicted molar refractivity (Wildman–Crippen MR) is 98.8 cm³/mol. The van der Waals surface area contributed by atoms with E-state index in [1.54, 1.807) is 6.92 Å². The Morgan fingerprint density at radius 2 is 1.86 bits per heavy atom. The molecule has 1 saturated heterocycles. The maximum atomic E-state index is 12.9. The Morgan fingerprint density at radius 3 is 2.55 bits per heavy atom. The van der Waals surface area contributed by atoms with Crippen molar-refractivity contribution in [2.24, 2.45) is 14.1 Å². The molecule has 0 unspecified atom stereocenters. The van der Waals surface area contributed by atoms with Crippen molar-refractivity contribution in [2.45, 2.75) is 19.9 Å². The minimum absolute atomic E-state index is 0.124. The number of aromatic nitrogens is 5. The highest BCUT2D eigenvalue weighted by atomic mass is 16.5. The van der Waals surface area contributed by atoms with Crippen LogP contribution in [0.4, 0.5) is 0 Å². The Bertz CT molecular complexity index is 1250. The summed E-state index contributed by atoms with van der Waals surface area (Å²) in [6, 6.07) is 1.51. The van der Waals surface area contributed by atoms with E-state index in [-0.39, 0.29) is 29.3 Å². The molecule has 1 aliphatic rings. The summed E-state index contributed by atoms with van der Waals surface area (Å²) >= 11 is 0. The van der Waals surface area contributed by atoms with Gasteiger partial charge in [-0.15, -0.1) is 0 Å². The average Bonchev–Trinajstić information content (AvgIpc) is 3.43. The van der Waals surface area contributed by atoms with Gasteiger partial charge < -0.3 is 9.09 Å². The summed E-state index contributed by atoms with van der Waals surface area (Å²) in [5.41, 5.74) is -0.580. The summed E-state index contributed by atoms with van der Waals surface area (Å²) in [7, 11) is 2.87. The smallest absolute Gasteiger partial charge is 0.332 e. The van der Waals surface area contributed by atoms with E-state index < -0.39 is 17.2 Å². The molecule has 2 amide bonds. The van der Waals surface area contributed by atoms with Gasteiger partial charge in [-0.3, -0.25) is 23.5 Å². The monoisotopic (exact) mass is 401 g/mol. The topological polar surface area (TPSA) is 128 Å². The van der Waals surface area contributed by atoms with Crippen LogP contribution in [0.3, 0.4) is 0 Å². The van der Waals surface area contributed by atoms with Crippen LogP contribution in [0.25, 0.3) is 11.2 Å². The fourth-order valence-electron chi connectivity index (χ4n) is 3.43. The van der Waals surface area contributed by atoms with Crippen LogP contribution in [-0.2, 0) is 25.4 Å². The average molecular weight is 401 g/mol. The number of hydrogen-bond donors (Lipinski definition) is 0. The number of carbonyl (C=O) groups excluding carboxylic acids is 2. The summed E-state index contributed by atoms with van der Waals surface area (Å²) < 4.78 is 8.54. The number of aryl methyl sites for hydroxylation is 2. The van der Waals surface area contributed by atoms with E-state index in [0.717, 1.165) is 4.57 Å². The quantitative estimate of drug-likeness (QED) is 0.552. The Hall–Kier alpha value is -3.70. The van der Waals surface area contributed by atoms with E-state index in [0.29, 0.717) is 25.3 Å². The summed E-state index contributed by atoms with van der Waals surface area (Å²) in [5, 5.41) is 6.38. The first-order valence-corrected chi connectivity index (χ1v) is 8.96. The molecule has 29 heavy (non-hydrogen) atoms. The van der Waals surface area contributed by atoms with Gasteiger partial charge in [-0.05, 0) is 13.3 Å². The second-order valence-electron chi connectivity index (χ2n) is 6.87. The third kappa shape index (κ3) is 2.92. The zero-order valence-corrected chi connectivity index (χ0v) is 16.2. The number of hydrazine groups is 1. The largest absolute Gasteiger partial charge is 0.361 e. The van der Waals surface area contributed by atoms with Crippen LogP contribution in [0.15, 0.2) is 26.5 Å². The van der Waals surface area contributed by atoms with Crippen LogP contribution in [-0.4, -0.2) is 58.8 Å². The fourth-order valence-corrected chi connectivity index (χ4v) is 3.43. The Morgan fingerprint density at radius 1 is 1.14 bits per heavy atom. The van der Waals surface area contributed by atoms with E-state index in [9.17, 15) is 19.2 Å². The molecular weight excluding hydrogens is 382 g/mol. The first-order chi connectivity index (χ1) is 13.8. The number of imidazole rings is 1. The number of carbonyl (C=O) groups is 2. The zero-order valence-electron chi connectivity index (χ0n) is 16.2. The maximum Gasteiger partial charge on any atom is 0.332 e. The van der Waals surface area contributed by atoms with Gasteiger partial charge in [-0.25, -0.2) is 19.8 Å². The van der Waals surface area contributed by atoms with Crippen molar-refractivity contribution >= 4 is 23.0 Å². The lowest BCUT2D eigenvalue weighted by molar-refractivity contribution is -0.141. The summed E-state index contributed by atoms with van der Waals surface area (Å²) in [5.74, 6) is -0.315. The Balaban J connectivity index is 1.63. The second-order valence-corrected chi connectivity index (χ2v) is 6.87. The lowest BCUT2D eigenvalue weighted by atomic mass is 10.3. The number of rotatable bonds is 3. The van der Waals surface area contributed by atoms with E-state index >= 15 is 0 Å². The Kier molecular flexibility index (Phi) is 4.32. The molecule has 152 valence electrons. The number of fused-ring (bicyclic) bond motifs is 1. The minimum atomic E-state index is -0.541. The zero-order chi connectivity index (χ0) is 20.9. The van der Waals surface area contributed by atoms with Gasteiger partial charge in [0.1, 0.15) is 12.3 Å². The highest BCUT2D eigenvalue weighted by Gasteiger charge is 2.33. The number of nitrogens with zero attached hydrogens (tertiary/aromatic N) is 7. The van der Waals surface area contributed by atoms with Crippen LogP contribution in [0.2, 0.25) is 0 Å². The molecule has 0 atom stereocenters. The summed E-state index contributed by atoms with van der Waals surface area (Å²) in [4.78, 5) is 54.3. The van der Waals surface area contributed by atoms with Crippen LogP contribution in [0, 0.1) is 6.92 Å². The van der Waals surface area contributed by atoms with Crippen molar-refractivity contribution in [1.29, 1.82) is 0 Å². The second kappa shape index (κ2) is 6.72. The fraction of sp³-hybridized carbons (Fsp3) is 0.412. The first kappa shape index (κ1) is 18.7. The molecule has 4 rings (SSSR count). The molecule has 0 saturated carbocycles. The van der Waals surface area contributed by atoms with Crippen molar-refractivity contribution in [2.75, 3.05) is 13.1 Å². The SMILES string of the molecule is Cc1cc(C(=O)N2CCCN2C(=O)Cn2cnc3c2c(=O)n(C)c(=O)n3C)no1. The molecule has 0 bridgehead atoms. The molecule has 0 radical (unpaired) electrons. The van der Waals surface area contributed by atoms with Gasteiger partial charge in [0.05, 0.1) is 6.33 Å².